The molecule has 3 rings (SSSR count). The molecule has 1 aliphatic heterocycles. The molecule has 0 bridgehead atoms. The summed E-state index contributed by atoms with van der Waals surface area (Å²) in [6.07, 6.45) is 1.46. The van der Waals surface area contributed by atoms with Crippen LogP contribution in [0.15, 0.2) is 52.4 Å². The van der Waals surface area contributed by atoms with Crippen molar-refractivity contribution < 1.29 is 14.8 Å². The molecule has 2 aromatic carbocycles. The topological polar surface area (TPSA) is 108 Å². The Morgan fingerprint density at radius 1 is 1.24 bits per heavy atom. The van der Waals surface area contributed by atoms with E-state index in [0.29, 0.717) is 26.3 Å². The third-order valence-electron chi connectivity index (χ3n) is 3.20. The molecule has 1 N–H and O–H groups in total. The number of para-hydroxylation sites is 1. The fraction of sp³-hybridized carbons (Fsp3) is 0. The van der Waals surface area contributed by atoms with E-state index < -0.39 is 16.4 Å². The van der Waals surface area contributed by atoms with Gasteiger partial charge in [-0.25, -0.2) is 4.99 Å². The van der Waals surface area contributed by atoms with Crippen molar-refractivity contribution in [3.63, 3.8) is 0 Å². The monoisotopic (exact) mass is 374 g/mol. The van der Waals surface area contributed by atoms with Gasteiger partial charge in [0, 0.05) is 6.07 Å². The molecule has 0 unspecified atom stereocenters. The molecule has 9 heteroatoms. The Kier molecular flexibility index (Phi) is 4.73. The molecule has 25 heavy (non-hydrogen) atoms. The SMILES string of the molecule is O=C1NC(=Nc2ccccc2Cl)S/C1=C/c1ccc([O-])c([N+](=O)[O-])c1. The Labute approximate surface area is 151 Å². The molecule has 0 atom stereocenters. The quantitative estimate of drug-likeness (QED) is 0.504. The van der Waals surface area contributed by atoms with Gasteiger partial charge < -0.3 is 10.4 Å². The molecule has 1 fully saturated rings. The second-order valence-electron chi connectivity index (χ2n) is 4.92. The highest BCUT2D eigenvalue weighted by Crippen LogP contribution is 2.32. The van der Waals surface area contributed by atoms with Gasteiger partial charge in [0.1, 0.15) is 0 Å². The van der Waals surface area contributed by atoms with Crippen molar-refractivity contribution in [1.29, 1.82) is 0 Å². The van der Waals surface area contributed by atoms with Gasteiger partial charge in [0.25, 0.3) is 11.6 Å². The summed E-state index contributed by atoms with van der Waals surface area (Å²) in [5, 5.41) is 25.6. The molecule has 0 radical (unpaired) electrons. The molecule has 1 saturated heterocycles. The lowest BCUT2D eigenvalue weighted by Gasteiger charge is -2.06. The predicted octanol–water partition coefficient (Wildman–Crippen LogP) is 3.21. The van der Waals surface area contributed by atoms with Gasteiger partial charge in [0.05, 0.1) is 20.5 Å². The van der Waals surface area contributed by atoms with Crippen LogP contribution in [-0.4, -0.2) is 16.0 Å². The number of halogens is 1. The summed E-state index contributed by atoms with van der Waals surface area (Å²) in [6.45, 7) is 0. The van der Waals surface area contributed by atoms with Gasteiger partial charge in [0.2, 0.25) is 0 Å². The second kappa shape index (κ2) is 6.96. The average Bonchev–Trinajstić information content (AvgIpc) is 2.90. The van der Waals surface area contributed by atoms with Gasteiger partial charge in [-0.2, -0.15) is 0 Å². The second-order valence-corrected chi connectivity index (χ2v) is 6.36. The van der Waals surface area contributed by atoms with Gasteiger partial charge >= 0.3 is 0 Å². The number of benzene rings is 2. The zero-order chi connectivity index (χ0) is 18.0. The Bertz CT molecular complexity index is 943. The number of rotatable bonds is 3. The van der Waals surface area contributed by atoms with E-state index in [9.17, 15) is 20.0 Å². The molecule has 7 nitrogen and oxygen atoms in total. The molecule has 1 amide bonds. The molecular formula is C16H9ClN3O4S-. The van der Waals surface area contributed by atoms with Crippen LogP contribution in [0.1, 0.15) is 5.56 Å². The fourth-order valence-corrected chi connectivity index (χ4v) is 3.06. The number of aliphatic imine (C=N–C) groups is 1. The third kappa shape index (κ3) is 3.81. The van der Waals surface area contributed by atoms with Gasteiger partial charge in [-0.1, -0.05) is 35.9 Å². The lowest BCUT2D eigenvalue weighted by Crippen LogP contribution is -2.19. The van der Waals surface area contributed by atoms with Gasteiger partial charge in [-0.3, -0.25) is 14.9 Å². The number of hydrogen-bond donors (Lipinski definition) is 1. The molecule has 126 valence electrons. The Hall–Kier alpha value is -2.84. The number of amidine groups is 1. The number of nitrogens with one attached hydrogen (secondary N) is 1. The molecule has 2 aromatic rings. The number of nitro groups is 1. The first-order valence-electron chi connectivity index (χ1n) is 6.93. The molecule has 0 aromatic heterocycles. The van der Waals surface area contributed by atoms with Crippen molar-refractivity contribution in [3.8, 4) is 5.75 Å². The Morgan fingerprint density at radius 2 is 2.00 bits per heavy atom. The summed E-state index contributed by atoms with van der Waals surface area (Å²) in [5.41, 5.74) is 0.352. The minimum atomic E-state index is -0.753. The normalized spacial score (nSPS) is 17.1. The van der Waals surface area contributed by atoms with E-state index >= 15 is 0 Å². The maximum Gasteiger partial charge on any atom is 0.264 e. The smallest absolute Gasteiger partial charge is 0.264 e. The number of nitro benzene ring substituents is 1. The van der Waals surface area contributed by atoms with Crippen LogP contribution in [0, 0.1) is 10.1 Å². The number of carbonyl (C=O) groups is 1. The van der Waals surface area contributed by atoms with Crippen LogP contribution in [0.25, 0.3) is 6.08 Å². The summed E-state index contributed by atoms with van der Waals surface area (Å²) in [5.74, 6) is -1.07. The summed E-state index contributed by atoms with van der Waals surface area (Å²) in [6, 6.07) is 10.6. The van der Waals surface area contributed by atoms with Crippen LogP contribution in [0.5, 0.6) is 5.75 Å². The average molecular weight is 375 g/mol. The fourth-order valence-electron chi connectivity index (χ4n) is 2.05. The number of thioether (sulfide) groups is 1. The minimum absolute atomic E-state index is 0.304. The Morgan fingerprint density at radius 3 is 2.72 bits per heavy atom. The lowest BCUT2D eigenvalue weighted by atomic mass is 10.1. The van der Waals surface area contributed by atoms with Crippen LogP contribution in [0.3, 0.4) is 0 Å². The van der Waals surface area contributed by atoms with Gasteiger partial charge in [-0.05, 0) is 41.3 Å². The summed E-state index contributed by atoms with van der Waals surface area (Å²) >= 11 is 7.11. The highest BCUT2D eigenvalue weighted by Gasteiger charge is 2.24. The van der Waals surface area contributed by atoms with Gasteiger partial charge in [0.15, 0.2) is 5.17 Å². The maximum atomic E-state index is 12.0. The van der Waals surface area contributed by atoms with Crippen LogP contribution in [-0.2, 0) is 4.79 Å². The minimum Gasteiger partial charge on any atom is -0.868 e. The predicted molar refractivity (Wildman–Crippen MR) is 94.8 cm³/mol. The van der Waals surface area contributed by atoms with E-state index in [1.807, 2.05) is 0 Å². The van der Waals surface area contributed by atoms with Crippen molar-refractivity contribution in [2.75, 3.05) is 0 Å². The highest BCUT2D eigenvalue weighted by atomic mass is 35.5. The van der Waals surface area contributed by atoms with E-state index in [2.05, 4.69) is 10.3 Å². The summed E-state index contributed by atoms with van der Waals surface area (Å²) in [4.78, 5) is 26.7. The lowest BCUT2D eigenvalue weighted by molar-refractivity contribution is -0.398. The van der Waals surface area contributed by atoms with E-state index in [1.54, 1.807) is 24.3 Å². The first-order chi connectivity index (χ1) is 11.9. The van der Waals surface area contributed by atoms with Crippen LogP contribution >= 0.6 is 23.4 Å². The first-order valence-corrected chi connectivity index (χ1v) is 8.13. The standard InChI is InChI=1S/C16H10ClN3O4S/c17-10-3-1-2-4-11(10)18-16-19-15(22)14(25-16)8-9-5-6-13(21)12(7-9)20(23)24/h1-8,21H,(H,18,19,22)/p-1/b14-8+. The number of amides is 1. The van der Waals surface area contributed by atoms with Crippen LogP contribution in [0.2, 0.25) is 5.02 Å². The molecule has 1 aliphatic rings. The molecule has 0 saturated carbocycles. The van der Waals surface area contributed by atoms with Crippen LogP contribution < -0.4 is 10.4 Å². The van der Waals surface area contributed by atoms with E-state index in [1.165, 1.54) is 12.1 Å². The van der Waals surface area contributed by atoms with Crippen molar-refractivity contribution in [1.82, 2.24) is 5.32 Å². The van der Waals surface area contributed by atoms with Crippen molar-refractivity contribution in [3.05, 3.63) is 68.1 Å². The maximum absolute atomic E-state index is 12.0. The summed E-state index contributed by atoms with van der Waals surface area (Å²) in [7, 11) is 0. The number of hydrogen-bond acceptors (Lipinski definition) is 6. The molecule has 0 spiro atoms. The van der Waals surface area contributed by atoms with Crippen molar-refractivity contribution in [2.24, 2.45) is 4.99 Å². The van der Waals surface area contributed by atoms with Crippen molar-refractivity contribution in [2.45, 2.75) is 0 Å². The number of carbonyl (C=O) groups excluding carboxylic acids is 1. The van der Waals surface area contributed by atoms with E-state index in [4.69, 9.17) is 11.6 Å². The molecular weight excluding hydrogens is 366 g/mol. The zero-order valence-electron chi connectivity index (χ0n) is 12.4. The zero-order valence-corrected chi connectivity index (χ0v) is 14.0. The van der Waals surface area contributed by atoms with Crippen LogP contribution in [0.4, 0.5) is 11.4 Å². The molecule has 0 aliphatic carbocycles. The summed E-state index contributed by atoms with van der Waals surface area (Å²) < 4.78 is 0. The van der Waals surface area contributed by atoms with Gasteiger partial charge in [-0.15, -0.1) is 0 Å². The molecule has 1 heterocycles. The first kappa shape index (κ1) is 17.0. The number of nitrogens with zero attached hydrogens (tertiary/aromatic N) is 2. The van der Waals surface area contributed by atoms with E-state index in [0.717, 1.165) is 23.9 Å². The third-order valence-corrected chi connectivity index (χ3v) is 4.43. The van der Waals surface area contributed by atoms with E-state index in [-0.39, 0.29) is 5.91 Å². The largest absolute Gasteiger partial charge is 0.868 e. The highest BCUT2D eigenvalue weighted by molar-refractivity contribution is 8.18. The Balaban J connectivity index is 1.88. The van der Waals surface area contributed by atoms with Crippen molar-refractivity contribution >= 4 is 51.9 Å².